The quantitative estimate of drug-likeness (QED) is 0.506. The van der Waals surface area contributed by atoms with Gasteiger partial charge in [0.05, 0.1) is 32.7 Å². The lowest BCUT2D eigenvalue weighted by Gasteiger charge is -2.36. The fourth-order valence-electron chi connectivity index (χ4n) is 4.04. The van der Waals surface area contributed by atoms with Gasteiger partial charge in [-0.05, 0) is 54.4 Å². The van der Waals surface area contributed by atoms with Crippen molar-refractivity contribution in [2.75, 3.05) is 44.6 Å². The van der Waals surface area contributed by atoms with E-state index in [0.29, 0.717) is 48.1 Å². The zero-order valence-electron chi connectivity index (χ0n) is 20.1. The first kappa shape index (κ1) is 23.9. The molecule has 1 heterocycles. The van der Waals surface area contributed by atoms with Crippen LogP contribution in [0.15, 0.2) is 66.7 Å². The maximum atomic E-state index is 13.5. The molecule has 0 bridgehead atoms. The Labute approximate surface area is 205 Å². The van der Waals surface area contributed by atoms with Crippen molar-refractivity contribution in [1.82, 2.24) is 4.90 Å². The van der Waals surface area contributed by atoms with Gasteiger partial charge in [-0.25, -0.2) is 4.79 Å². The molecule has 0 saturated carbocycles. The molecule has 0 aliphatic carbocycles. The number of ether oxygens (including phenoxy) is 3. The van der Waals surface area contributed by atoms with E-state index in [9.17, 15) is 9.59 Å². The number of anilines is 2. The summed E-state index contributed by atoms with van der Waals surface area (Å²) in [5.74, 6) is 1.63. The number of carbonyl (C=O) groups excluding carboxylic acids is 2. The van der Waals surface area contributed by atoms with E-state index in [1.54, 1.807) is 68.7 Å². The average Bonchev–Trinajstić information content (AvgIpc) is 2.90. The molecule has 35 heavy (non-hydrogen) atoms. The van der Waals surface area contributed by atoms with Gasteiger partial charge in [-0.3, -0.25) is 9.69 Å². The molecule has 0 radical (unpaired) electrons. The maximum Gasteiger partial charge on any atom is 0.324 e. The fraction of sp³-hybridized carbons (Fsp3) is 0.259. The summed E-state index contributed by atoms with van der Waals surface area (Å²) in [7, 11) is 4.74. The minimum atomic E-state index is -0.307. The minimum absolute atomic E-state index is 0.117. The van der Waals surface area contributed by atoms with Crippen LogP contribution in [0.4, 0.5) is 16.2 Å². The van der Waals surface area contributed by atoms with Gasteiger partial charge in [-0.1, -0.05) is 18.2 Å². The second kappa shape index (κ2) is 10.8. The Balaban J connectivity index is 1.58. The number of benzene rings is 3. The van der Waals surface area contributed by atoms with Gasteiger partial charge in [0.25, 0.3) is 5.91 Å². The van der Waals surface area contributed by atoms with Crippen molar-refractivity contribution in [2.45, 2.75) is 13.0 Å². The van der Waals surface area contributed by atoms with Crippen LogP contribution in [0, 0.1) is 0 Å². The van der Waals surface area contributed by atoms with Crippen LogP contribution in [-0.4, -0.2) is 51.3 Å². The molecule has 3 aromatic rings. The summed E-state index contributed by atoms with van der Waals surface area (Å²) in [5.41, 5.74) is 2.58. The van der Waals surface area contributed by atoms with E-state index in [0.717, 1.165) is 17.7 Å². The number of nitrogens with zero attached hydrogens (tertiary/aromatic N) is 2. The third-order valence-electron chi connectivity index (χ3n) is 5.92. The van der Waals surface area contributed by atoms with Gasteiger partial charge in [-0.15, -0.1) is 0 Å². The highest BCUT2D eigenvalue weighted by atomic mass is 16.5. The molecule has 0 aromatic heterocycles. The Hall–Kier alpha value is -4.20. The van der Waals surface area contributed by atoms with Crippen molar-refractivity contribution in [1.29, 1.82) is 0 Å². The van der Waals surface area contributed by atoms with Crippen molar-refractivity contribution in [3.05, 3.63) is 77.9 Å². The predicted octanol–water partition coefficient (Wildman–Crippen LogP) is 4.80. The van der Waals surface area contributed by atoms with Crippen molar-refractivity contribution >= 4 is 23.3 Å². The van der Waals surface area contributed by atoms with Crippen LogP contribution >= 0.6 is 0 Å². The van der Waals surface area contributed by atoms with Crippen molar-refractivity contribution in [3.8, 4) is 17.2 Å². The first-order valence-corrected chi connectivity index (χ1v) is 11.3. The number of amides is 3. The van der Waals surface area contributed by atoms with Crippen LogP contribution in [0.1, 0.15) is 22.3 Å². The van der Waals surface area contributed by atoms with Gasteiger partial charge in [0.2, 0.25) is 0 Å². The number of hydrogen-bond acceptors (Lipinski definition) is 5. The van der Waals surface area contributed by atoms with Gasteiger partial charge >= 0.3 is 6.03 Å². The highest BCUT2D eigenvalue weighted by molar-refractivity contribution is 6.08. The largest absolute Gasteiger partial charge is 0.497 e. The van der Waals surface area contributed by atoms with Crippen LogP contribution in [0.25, 0.3) is 0 Å². The van der Waals surface area contributed by atoms with Gasteiger partial charge in [0.1, 0.15) is 17.2 Å². The summed E-state index contributed by atoms with van der Waals surface area (Å²) >= 11 is 0. The summed E-state index contributed by atoms with van der Waals surface area (Å²) in [6.45, 7) is 1.69. The zero-order chi connectivity index (χ0) is 24.8. The SMILES string of the molecule is COc1ccc(CN2CCCN(c3ccc(OC)cc3NC(=O)c3cccc(OC)c3)C2=O)cc1. The number of hydrogen-bond donors (Lipinski definition) is 1. The molecule has 8 heteroatoms. The molecule has 0 spiro atoms. The summed E-state index contributed by atoms with van der Waals surface area (Å²) in [4.78, 5) is 30.0. The lowest BCUT2D eigenvalue weighted by molar-refractivity contribution is 0.102. The van der Waals surface area contributed by atoms with Gasteiger partial charge in [0, 0.05) is 31.3 Å². The van der Waals surface area contributed by atoms with Crippen molar-refractivity contribution < 1.29 is 23.8 Å². The summed E-state index contributed by atoms with van der Waals surface area (Å²) in [6, 6.07) is 19.8. The first-order chi connectivity index (χ1) is 17.0. The second-order valence-corrected chi connectivity index (χ2v) is 8.13. The molecule has 3 amide bonds. The minimum Gasteiger partial charge on any atom is -0.497 e. The molecule has 182 valence electrons. The van der Waals surface area contributed by atoms with Crippen LogP contribution in [0.2, 0.25) is 0 Å². The number of rotatable bonds is 8. The number of urea groups is 1. The highest BCUT2D eigenvalue weighted by Gasteiger charge is 2.29. The molecule has 1 fully saturated rings. The van der Waals surface area contributed by atoms with Crippen molar-refractivity contribution in [2.24, 2.45) is 0 Å². The smallest absolute Gasteiger partial charge is 0.324 e. The Kier molecular flexibility index (Phi) is 7.40. The maximum absolute atomic E-state index is 13.5. The Morgan fingerprint density at radius 2 is 1.54 bits per heavy atom. The van der Waals surface area contributed by atoms with E-state index in [4.69, 9.17) is 14.2 Å². The van der Waals surface area contributed by atoms with E-state index in [2.05, 4.69) is 5.32 Å². The Morgan fingerprint density at radius 1 is 0.857 bits per heavy atom. The molecule has 4 rings (SSSR count). The third kappa shape index (κ3) is 5.48. The van der Waals surface area contributed by atoms with E-state index < -0.39 is 0 Å². The molecule has 1 aliphatic rings. The van der Waals surface area contributed by atoms with E-state index in [-0.39, 0.29) is 11.9 Å². The van der Waals surface area contributed by atoms with Crippen LogP contribution in [0.5, 0.6) is 17.2 Å². The van der Waals surface area contributed by atoms with Crippen LogP contribution in [-0.2, 0) is 6.54 Å². The third-order valence-corrected chi connectivity index (χ3v) is 5.92. The lowest BCUT2D eigenvalue weighted by Crippen LogP contribution is -2.49. The lowest BCUT2D eigenvalue weighted by atomic mass is 10.1. The van der Waals surface area contributed by atoms with Gasteiger partial charge in [0.15, 0.2) is 0 Å². The molecular weight excluding hydrogens is 446 g/mol. The number of nitrogens with one attached hydrogen (secondary N) is 1. The van der Waals surface area contributed by atoms with Crippen LogP contribution in [0.3, 0.4) is 0 Å². The second-order valence-electron chi connectivity index (χ2n) is 8.13. The summed E-state index contributed by atoms with van der Waals surface area (Å²) in [6.07, 6.45) is 0.803. The zero-order valence-corrected chi connectivity index (χ0v) is 20.1. The molecule has 0 unspecified atom stereocenters. The van der Waals surface area contributed by atoms with E-state index in [1.165, 1.54) is 0 Å². The van der Waals surface area contributed by atoms with Gasteiger partial charge < -0.3 is 24.4 Å². The molecular formula is C27H29N3O5. The molecule has 1 saturated heterocycles. The molecule has 0 atom stereocenters. The fourth-order valence-corrected chi connectivity index (χ4v) is 4.04. The summed E-state index contributed by atoms with van der Waals surface area (Å²) < 4.78 is 15.8. The first-order valence-electron chi connectivity index (χ1n) is 11.3. The number of carbonyl (C=O) groups is 2. The highest BCUT2D eigenvalue weighted by Crippen LogP contribution is 2.33. The van der Waals surface area contributed by atoms with Crippen LogP contribution < -0.4 is 24.4 Å². The topological polar surface area (TPSA) is 80.3 Å². The van der Waals surface area contributed by atoms with Gasteiger partial charge in [-0.2, -0.15) is 0 Å². The molecule has 8 nitrogen and oxygen atoms in total. The average molecular weight is 476 g/mol. The Bertz CT molecular complexity index is 1200. The van der Waals surface area contributed by atoms with E-state index in [1.807, 2.05) is 29.2 Å². The molecule has 3 aromatic carbocycles. The Morgan fingerprint density at radius 3 is 2.26 bits per heavy atom. The molecule has 1 N–H and O–H groups in total. The molecule has 1 aliphatic heterocycles. The van der Waals surface area contributed by atoms with E-state index >= 15 is 0 Å². The predicted molar refractivity (Wildman–Crippen MR) is 135 cm³/mol. The normalized spacial score (nSPS) is 13.4. The summed E-state index contributed by atoms with van der Waals surface area (Å²) in [5, 5.41) is 2.95. The standard InChI is InChI=1S/C27H29N3O5/c1-33-21-10-8-19(9-11-21)18-29-14-5-15-30(27(29)32)25-13-12-23(35-3)17-24(25)28-26(31)20-6-4-7-22(16-20)34-2/h4,6-13,16-17H,5,14-15,18H2,1-3H3,(H,28,31). The van der Waals surface area contributed by atoms with Crippen molar-refractivity contribution in [3.63, 3.8) is 0 Å². The number of methoxy groups -OCH3 is 3. The monoisotopic (exact) mass is 475 g/mol.